The molecule has 0 spiro atoms. The van der Waals surface area contributed by atoms with Crippen molar-refractivity contribution in [3.05, 3.63) is 71.7 Å². The van der Waals surface area contributed by atoms with E-state index in [0.717, 1.165) is 11.1 Å². The number of carbonyl (C=O) groups excluding carboxylic acids is 1. The van der Waals surface area contributed by atoms with E-state index in [-0.39, 0.29) is 11.9 Å². The Morgan fingerprint density at radius 1 is 1.13 bits per heavy atom. The maximum atomic E-state index is 12.7. The van der Waals surface area contributed by atoms with Crippen LogP contribution in [0.25, 0.3) is 11.3 Å². The molecule has 0 bridgehead atoms. The summed E-state index contributed by atoms with van der Waals surface area (Å²) < 4.78 is 5.35. The van der Waals surface area contributed by atoms with E-state index in [1.807, 2.05) is 37.3 Å². The van der Waals surface area contributed by atoms with Crippen LogP contribution in [0.15, 0.2) is 59.4 Å². The molecule has 1 aromatic carbocycles. The second-order valence-corrected chi connectivity index (χ2v) is 5.31. The van der Waals surface area contributed by atoms with Gasteiger partial charge in [0, 0.05) is 18.0 Å². The van der Waals surface area contributed by atoms with Gasteiger partial charge in [-0.3, -0.25) is 9.78 Å². The Kier molecular flexibility index (Phi) is 4.19. The lowest BCUT2D eigenvalue weighted by Crippen LogP contribution is -2.27. The number of benzene rings is 1. The molecule has 5 heteroatoms. The van der Waals surface area contributed by atoms with Gasteiger partial charge in [0.1, 0.15) is 5.56 Å². The maximum Gasteiger partial charge on any atom is 0.257 e. The van der Waals surface area contributed by atoms with Gasteiger partial charge in [0.25, 0.3) is 5.91 Å². The summed E-state index contributed by atoms with van der Waals surface area (Å²) in [6.45, 7) is 3.71. The normalized spacial score (nSPS) is 11.9. The van der Waals surface area contributed by atoms with E-state index in [2.05, 4.69) is 15.5 Å². The Labute approximate surface area is 134 Å². The van der Waals surface area contributed by atoms with E-state index in [9.17, 15) is 4.79 Å². The molecule has 0 saturated carbocycles. The summed E-state index contributed by atoms with van der Waals surface area (Å²) in [6.07, 6.45) is 3.31. The van der Waals surface area contributed by atoms with Crippen molar-refractivity contribution >= 4 is 5.91 Å². The summed E-state index contributed by atoms with van der Waals surface area (Å²) >= 11 is 0. The minimum Gasteiger partial charge on any atom is -0.355 e. The number of nitrogens with one attached hydrogen (secondary N) is 1. The standard InChI is InChI=1S/C18H17N3O2/c1-12(14-6-4-3-5-7-14)20-18(22)16-13(2)21-23-17(16)15-8-10-19-11-9-15/h3-12H,1-2H3,(H,20,22)/t12-/m1/s1. The highest BCUT2D eigenvalue weighted by Gasteiger charge is 2.23. The molecule has 5 nitrogen and oxygen atoms in total. The molecule has 0 aliphatic rings. The number of hydrogen-bond acceptors (Lipinski definition) is 4. The van der Waals surface area contributed by atoms with Crippen LogP contribution in [-0.2, 0) is 0 Å². The Hall–Kier alpha value is -2.95. The molecule has 0 unspecified atom stereocenters. The maximum absolute atomic E-state index is 12.7. The van der Waals surface area contributed by atoms with Crippen molar-refractivity contribution in [3.63, 3.8) is 0 Å². The zero-order valence-corrected chi connectivity index (χ0v) is 13.0. The number of carbonyl (C=O) groups is 1. The first kappa shape index (κ1) is 15.0. The highest BCUT2D eigenvalue weighted by atomic mass is 16.5. The average molecular weight is 307 g/mol. The largest absolute Gasteiger partial charge is 0.355 e. The van der Waals surface area contributed by atoms with Crippen molar-refractivity contribution in [2.45, 2.75) is 19.9 Å². The lowest BCUT2D eigenvalue weighted by molar-refractivity contribution is 0.0939. The molecule has 0 radical (unpaired) electrons. The van der Waals surface area contributed by atoms with Gasteiger partial charge < -0.3 is 9.84 Å². The van der Waals surface area contributed by atoms with Crippen LogP contribution in [0.5, 0.6) is 0 Å². The summed E-state index contributed by atoms with van der Waals surface area (Å²) in [7, 11) is 0. The molecule has 1 atom stereocenters. The van der Waals surface area contributed by atoms with Crippen LogP contribution < -0.4 is 5.32 Å². The van der Waals surface area contributed by atoms with Crippen LogP contribution in [0.3, 0.4) is 0 Å². The molecular formula is C18H17N3O2. The van der Waals surface area contributed by atoms with Gasteiger partial charge in [-0.15, -0.1) is 0 Å². The predicted octanol–water partition coefficient (Wildman–Crippen LogP) is 3.54. The molecule has 2 aromatic heterocycles. The highest BCUT2D eigenvalue weighted by molar-refractivity contribution is 6.00. The number of aromatic nitrogens is 2. The van der Waals surface area contributed by atoms with Gasteiger partial charge in [-0.25, -0.2) is 0 Å². The number of aryl methyl sites for hydroxylation is 1. The molecule has 0 fully saturated rings. The van der Waals surface area contributed by atoms with Gasteiger partial charge >= 0.3 is 0 Å². The van der Waals surface area contributed by atoms with Gasteiger partial charge in [-0.05, 0) is 31.5 Å². The van der Waals surface area contributed by atoms with Gasteiger partial charge in [0.2, 0.25) is 0 Å². The lowest BCUT2D eigenvalue weighted by Gasteiger charge is -2.14. The van der Waals surface area contributed by atoms with Crippen LogP contribution >= 0.6 is 0 Å². The van der Waals surface area contributed by atoms with Crippen LogP contribution in [0.4, 0.5) is 0 Å². The molecule has 0 saturated heterocycles. The molecule has 116 valence electrons. The minimum atomic E-state index is -0.202. The molecule has 0 aliphatic heterocycles. The molecule has 0 aliphatic carbocycles. The van der Waals surface area contributed by atoms with Crippen molar-refractivity contribution in [2.75, 3.05) is 0 Å². The summed E-state index contributed by atoms with van der Waals surface area (Å²) in [4.78, 5) is 16.7. The molecule has 1 N–H and O–H groups in total. The van der Waals surface area contributed by atoms with Crippen molar-refractivity contribution in [1.82, 2.24) is 15.5 Å². The fourth-order valence-electron chi connectivity index (χ4n) is 2.43. The third-order valence-electron chi connectivity index (χ3n) is 3.68. The number of hydrogen-bond donors (Lipinski definition) is 1. The third-order valence-corrected chi connectivity index (χ3v) is 3.68. The van der Waals surface area contributed by atoms with E-state index >= 15 is 0 Å². The summed E-state index contributed by atoms with van der Waals surface area (Å²) in [6, 6.07) is 13.3. The van der Waals surface area contributed by atoms with Crippen molar-refractivity contribution in [1.29, 1.82) is 0 Å². The van der Waals surface area contributed by atoms with Gasteiger partial charge in [0.05, 0.1) is 11.7 Å². The van der Waals surface area contributed by atoms with Crippen molar-refractivity contribution in [3.8, 4) is 11.3 Å². The first-order valence-electron chi connectivity index (χ1n) is 7.39. The summed E-state index contributed by atoms with van der Waals surface area (Å²) in [5.41, 5.74) is 2.84. The molecule has 1 amide bonds. The fourth-order valence-corrected chi connectivity index (χ4v) is 2.43. The number of rotatable bonds is 4. The molecule has 3 aromatic rings. The third kappa shape index (κ3) is 3.13. The Morgan fingerprint density at radius 3 is 2.52 bits per heavy atom. The first-order chi connectivity index (χ1) is 11.2. The van der Waals surface area contributed by atoms with Crippen LogP contribution in [-0.4, -0.2) is 16.0 Å². The number of amides is 1. The van der Waals surface area contributed by atoms with Crippen LogP contribution in [0.1, 0.15) is 34.6 Å². The molecule has 23 heavy (non-hydrogen) atoms. The average Bonchev–Trinajstić information content (AvgIpc) is 2.98. The number of pyridine rings is 1. The summed E-state index contributed by atoms with van der Waals surface area (Å²) in [5.74, 6) is 0.259. The van der Waals surface area contributed by atoms with Gasteiger partial charge in [0.15, 0.2) is 5.76 Å². The molecule has 2 heterocycles. The van der Waals surface area contributed by atoms with Gasteiger partial charge in [-0.2, -0.15) is 0 Å². The van der Waals surface area contributed by atoms with E-state index in [1.165, 1.54) is 0 Å². The van der Waals surface area contributed by atoms with E-state index in [1.54, 1.807) is 31.5 Å². The molecular weight excluding hydrogens is 290 g/mol. The first-order valence-corrected chi connectivity index (χ1v) is 7.39. The zero-order chi connectivity index (χ0) is 16.2. The van der Waals surface area contributed by atoms with E-state index in [0.29, 0.717) is 17.0 Å². The minimum absolute atomic E-state index is 0.108. The summed E-state index contributed by atoms with van der Waals surface area (Å²) in [5, 5.41) is 6.93. The number of nitrogens with zero attached hydrogens (tertiary/aromatic N) is 2. The molecule has 3 rings (SSSR count). The topological polar surface area (TPSA) is 68.0 Å². The predicted molar refractivity (Wildman–Crippen MR) is 86.8 cm³/mol. The van der Waals surface area contributed by atoms with Crippen molar-refractivity contribution in [2.24, 2.45) is 0 Å². The van der Waals surface area contributed by atoms with Crippen molar-refractivity contribution < 1.29 is 9.32 Å². The van der Waals surface area contributed by atoms with Gasteiger partial charge in [-0.1, -0.05) is 35.5 Å². The lowest BCUT2D eigenvalue weighted by atomic mass is 10.1. The SMILES string of the molecule is Cc1noc(-c2ccncc2)c1C(=O)N[C@H](C)c1ccccc1. The zero-order valence-electron chi connectivity index (χ0n) is 13.0. The van der Waals surface area contributed by atoms with Crippen LogP contribution in [0.2, 0.25) is 0 Å². The second kappa shape index (κ2) is 6.44. The Morgan fingerprint density at radius 2 is 1.83 bits per heavy atom. The fraction of sp³-hybridized carbons (Fsp3) is 0.167. The highest BCUT2D eigenvalue weighted by Crippen LogP contribution is 2.26. The van der Waals surface area contributed by atoms with E-state index < -0.39 is 0 Å². The van der Waals surface area contributed by atoms with Crippen LogP contribution in [0, 0.1) is 6.92 Å². The smallest absolute Gasteiger partial charge is 0.257 e. The Bertz CT molecular complexity index is 798. The van der Waals surface area contributed by atoms with E-state index in [4.69, 9.17) is 4.52 Å². The Balaban J connectivity index is 1.87. The second-order valence-electron chi connectivity index (χ2n) is 5.31. The quantitative estimate of drug-likeness (QED) is 0.800. The monoisotopic (exact) mass is 307 g/mol.